The first-order chi connectivity index (χ1) is 38.5. The van der Waals surface area contributed by atoms with Crippen molar-refractivity contribution in [2.75, 3.05) is 12.3 Å². The van der Waals surface area contributed by atoms with Crippen LogP contribution in [0.3, 0.4) is 0 Å². The number of phenols is 1. The molecule has 0 saturated heterocycles. The van der Waals surface area contributed by atoms with Gasteiger partial charge in [-0.15, -0.1) is 0 Å². The molecule has 3 N–H and O–H groups in total. The zero-order valence-corrected chi connectivity index (χ0v) is 53.9. The first-order valence-electron chi connectivity index (χ1n) is 21.2. The third kappa shape index (κ3) is 33.8. The number of anilines is 1. The Labute approximate surface area is 575 Å². The number of benzene rings is 6. The van der Waals surface area contributed by atoms with Gasteiger partial charge in [-0.2, -0.15) is 83.4 Å². The summed E-state index contributed by atoms with van der Waals surface area (Å²) in [7, 11) is 9.87. The average Bonchev–Trinajstić information content (AvgIpc) is 2.74. The topological polar surface area (TPSA) is 227 Å². The van der Waals surface area contributed by atoms with Crippen molar-refractivity contribution in [3.63, 3.8) is 0 Å². The van der Waals surface area contributed by atoms with Crippen LogP contribution in [0.2, 0.25) is 0 Å². The number of carbonyl (C=O) groups excluding carboxylic acids is 2. The molecule has 0 unspecified atom stereocenters. The van der Waals surface area contributed by atoms with Gasteiger partial charge in [-0.1, -0.05) is 18.2 Å². The van der Waals surface area contributed by atoms with Gasteiger partial charge >= 0.3 is 194 Å². The van der Waals surface area contributed by atoms with E-state index in [1.165, 1.54) is 19.1 Å². The van der Waals surface area contributed by atoms with Crippen LogP contribution in [0.15, 0.2) is 127 Å². The van der Waals surface area contributed by atoms with Crippen molar-refractivity contribution >= 4 is 66.2 Å². The molecule has 0 aliphatic heterocycles. The SMILES string of the molecule is CCOC(C)=O.Nc1cc(C(F)(F)F)ccc1Oc1cccc(C(F)(F)F)c1.O=CO[O-].O=[N+]([O-])c1cc(C(F)(F)F)ccc1F.O=[N+]([O-])c1cc(C(F)(F)F)ccc1Oc1cccc(C(F)(F)F)c1.Oc1cccc(C(F)(F)F)c1.[Cl][Sn][Cl].[H-].[K+].[K+]. The first kappa shape index (κ1) is 85.7. The summed E-state index contributed by atoms with van der Waals surface area (Å²) in [4.78, 5) is 39.7. The number of carbonyl (C=O) groups is 2. The molecule has 0 aromatic heterocycles. The fourth-order valence-corrected chi connectivity index (χ4v) is 5.18. The monoisotopic (exact) mass is 1460 g/mol. The molecule has 15 nitrogen and oxygen atoms in total. The normalized spacial score (nSPS) is 10.8. The predicted octanol–water partition coefficient (Wildman–Crippen LogP) is 9.81. The largest absolute Gasteiger partial charge is 1.00 e. The summed E-state index contributed by atoms with van der Waals surface area (Å²) in [5, 5.41) is 38.1. The number of nitrogen functional groups attached to an aromatic ring is 1. The molecule has 0 heterocycles. The van der Waals surface area contributed by atoms with E-state index in [1.54, 1.807) is 6.92 Å². The summed E-state index contributed by atoms with van der Waals surface area (Å²) in [6.07, 6.45) is -27.7. The maximum atomic E-state index is 12.6. The Morgan fingerprint density at radius 1 is 0.570 bits per heavy atom. The van der Waals surface area contributed by atoms with E-state index in [2.05, 4.69) is 9.62 Å². The molecule has 0 aliphatic carbocycles. The molecule has 0 spiro atoms. The van der Waals surface area contributed by atoms with E-state index in [1.807, 2.05) is 0 Å². The summed E-state index contributed by atoms with van der Waals surface area (Å²) >= 11 is -0.826. The van der Waals surface area contributed by atoms with E-state index in [9.17, 15) is 108 Å². The number of aromatic hydroxyl groups is 1. The van der Waals surface area contributed by atoms with Gasteiger partial charge in [0, 0.05) is 19.1 Å². The van der Waals surface area contributed by atoms with Crippen LogP contribution in [-0.4, -0.2) is 52.9 Å². The molecule has 462 valence electrons. The van der Waals surface area contributed by atoms with Gasteiger partial charge in [0.15, 0.2) is 0 Å². The molecule has 0 atom stereocenters. The van der Waals surface area contributed by atoms with Crippen LogP contribution in [0.5, 0.6) is 28.7 Å². The Balaban J connectivity index is -0.000000502. The minimum atomic E-state index is -4.81. The predicted molar refractivity (Wildman–Crippen MR) is 256 cm³/mol. The Kier molecular flexibility index (Phi) is 39.4. The molecule has 6 rings (SSSR count). The number of hydrogen-bond acceptors (Lipinski definition) is 13. The molecule has 2 radical (unpaired) electrons. The second kappa shape index (κ2) is 39.5. The Morgan fingerprint density at radius 2 is 0.884 bits per heavy atom. The van der Waals surface area contributed by atoms with Crippen LogP contribution in [-0.2, 0) is 56.3 Å². The number of nitro benzene ring substituents is 2. The van der Waals surface area contributed by atoms with Crippen molar-refractivity contribution in [1.82, 2.24) is 0 Å². The zero-order chi connectivity index (χ0) is 65.2. The number of rotatable bonds is 8. The van der Waals surface area contributed by atoms with Crippen molar-refractivity contribution in [2.45, 2.75) is 50.9 Å². The van der Waals surface area contributed by atoms with Crippen LogP contribution < -0.4 is 123 Å². The fraction of sp³-hybridized carbons (Fsp3) is 0.191. The van der Waals surface area contributed by atoms with Crippen molar-refractivity contribution < 1.29 is 237 Å². The van der Waals surface area contributed by atoms with E-state index in [-0.39, 0.29) is 152 Å². The quantitative estimate of drug-likeness (QED) is 0.0212. The van der Waals surface area contributed by atoms with Gasteiger partial charge in [0.05, 0.1) is 55.5 Å². The third-order valence-corrected chi connectivity index (χ3v) is 8.63. The minimum Gasteiger partial charge on any atom is -1.00 e. The second-order valence-corrected chi connectivity index (χ2v) is 18.8. The molecule has 0 bridgehead atoms. The molecule has 39 heteroatoms. The molecule has 6 aromatic rings. The molecule has 0 fully saturated rings. The molecule has 6 aromatic carbocycles. The number of phenolic OH excluding ortho intramolecular Hbond substituents is 1. The van der Waals surface area contributed by atoms with Gasteiger partial charge < -0.3 is 36.6 Å². The number of esters is 1. The van der Waals surface area contributed by atoms with Gasteiger partial charge in [-0.05, 0) is 104 Å². The van der Waals surface area contributed by atoms with Crippen molar-refractivity contribution in [3.8, 4) is 28.7 Å². The van der Waals surface area contributed by atoms with Crippen LogP contribution in [0, 0.1) is 26.0 Å². The van der Waals surface area contributed by atoms with Crippen LogP contribution in [0.25, 0.3) is 0 Å². The number of alkyl halides is 18. The first-order valence-corrected chi connectivity index (χ1v) is 28.4. The Morgan fingerprint density at radius 3 is 1.19 bits per heavy atom. The van der Waals surface area contributed by atoms with Gasteiger partial charge in [-0.25, -0.2) is 0 Å². The van der Waals surface area contributed by atoms with Crippen molar-refractivity contribution in [3.05, 3.63) is 187 Å². The summed E-state index contributed by atoms with van der Waals surface area (Å²) in [5.74, 6) is -3.21. The maximum Gasteiger partial charge on any atom is 1.00 e. The number of nitrogens with two attached hydrogens (primary N) is 1. The van der Waals surface area contributed by atoms with Crippen molar-refractivity contribution in [1.29, 1.82) is 0 Å². The molecular formula is C47H34Cl2F19K2N3O12Sn. The summed E-state index contributed by atoms with van der Waals surface area (Å²) < 4.78 is 249. The Bertz CT molecular complexity index is 3100. The van der Waals surface area contributed by atoms with E-state index in [0.29, 0.717) is 49.1 Å². The van der Waals surface area contributed by atoms with Gasteiger partial charge in [0.2, 0.25) is 11.6 Å². The minimum absolute atomic E-state index is 0. The van der Waals surface area contributed by atoms with E-state index < -0.39 is 128 Å². The molecule has 0 aliphatic rings. The number of hydrogen-bond donors (Lipinski definition) is 2. The van der Waals surface area contributed by atoms with Crippen LogP contribution in [0.4, 0.5) is 100 Å². The third-order valence-electron chi connectivity index (χ3n) is 8.63. The average molecular weight is 1460 g/mol. The number of halogens is 21. The fourth-order valence-electron chi connectivity index (χ4n) is 5.18. The number of nitrogens with zero attached hydrogens (tertiary/aromatic N) is 2. The van der Waals surface area contributed by atoms with Crippen molar-refractivity contribution in [2.24, 2.45) is 0 Å². The number of nitro groups is 2. The summed E-state index contributed by atoms with van der Waals surface area (Å²) in [6.45, 7) is 3.47. The van der Waals surface area contributed by atoms with Gasteiger partial charge in [-0.3, -0.25) is 29.8 Å². The maximum absolute atomic E-state index is 12.6. The molecule has 0 amide bonds. The van der Waals surface area contributed by atoms with Crippen LogP contribution in [0.1, 0.15) is 48.7 Å². The summed E-state index contributed by atoms with van der Waals surface area (Å²) in [5.41, 5.74) is -3.40. The van der Waals surface area contributed by atoms with Gasteiger partial charge in [0.1, 0.15) is 23.0 Å². The van der Waals surface area contributed by atoms with Crippen LogP contribution >= 0.6 is 17.8 Å². The Hall–Kier alpha value is -4.46. The molecule has 86 heavy (non-hydrogen) atoms. The van der Waals surface area contributed by atoms with E-state index in [0.717, 1.165) is 60.7 Å². The van der Waals surface area contributed by atoms with E-state index in [4.69, 9.17) is 48.2 Å². The summed E-state index contributed by atoms with van der Waals surface area (Å²) in [6, 6.07) is 16.2. The smallest absolute Gasteiger partial charge is 1.00 e. The second-order valence-electron chi connectivity index (χ2n) is 14.6. The number of ether oxygens (including phenoxy) is 3. The standard InChI is InChI=1S/C14H7F6NO3.C14H9F6NO.C7H3F4NO2.C7H5F3O.C4H8O2.CH2O3.2ClH.2K.Sn.H/c15-13(16,17)8-2-1-3-10(6-8)24-12-5-4-9(14(18,19)20)7-11(12)21(22)23;15-13(16,17)8-2-1-3-10(6-8)22-12-5-4-9(7-11(12)21)14(18,19)20;8-5-2-1-4(7(9,10)11)3-6(5)12(13)14;8-7(9,10)5-2-1-3-6(11)4-5;1-3-6-4(2)5;2-1-4-3;;;;;;/h1-7H;1-7H,21H2;1-3H;1-4,11H;3H2,1-2H3;1,3H;2*1H;;;;/q;;;;;;;;2*+1;+2;-1/p-3. The zero-order valence-electron chi connectivity index (χ0n) is 44.3. The van der Waals surface area contributed by atoms with Gasteiger partial charge in [0.25, 0.3) is 6.47 Å². The van der Waals surface area contributed by atoms with E-state index >= 15 is 0 Å². The molecular weight excluding hydrogens is 1430 g/mol. The molecule has 0 saturated carbocycles.